The number of carboxylic acids is 1. The van der Waals surface area contributed by atoms with Gasteiger partial charge in [0.25, 0.3) is 0 Å². The fourth-order valence-corrected chi connectivity index (χ4v) is 4.26. The van der Waals surface area contributed by atoms with Crippen molar-refractivity contribution in [1.82, 2.24) is 16.0 Å². The molecule has 2 aliphatic carbocycles. The van der Waals surface area contributed by atoms with Crippen LogP contribution in [0, 0.1) is 5.92 Å². The molecule has 0 heterocycles. The summed E-state index contributed by atoms with van der Waals surface area (Å²) in [5.74, 6) is -2.30. The highest BCUT2D eigenvalue weighted by molar-refractivity contribution is 5.87. The van der Waals surface area contributed by atoms with Crippen LogP contribution < -0.4 is 16.0 Å². The first-order chi connectivity index (χ1) is 15.9. The summed E-state index contributed by atoms with van der Waals surface area (Å²) in [7, 11) is 0. The van der Waals surface area contributed by atoms with Crippen LogP contribution in [0.3, 0.4) is 0 Å². The highest BCUT2D eigenvalue weighted by Gasteiger charge is 2.35. The van der Waals surface area contributed by atoms with Crippen molar-refractivity contribution < 1.29 is 29.0 Å². The summed E-state index contributed by atoms with van der Waals surface area (Å²) in [5, 5.41) is 16.3. The Morgan fingerprint density at radius 3 is 2.03 bits per heavy atom. The maximum absolute atomic E-state index is 12.1. The highest BCUT2D eigenvalue weighted by Crippen LogP contribution is 2.44. The summed E-state index contributed by atoms with van der Waals surface area (Å²) >= 11 is 0. The van der Waals surface area contributed by atoms with Gasteiger partial charge in [0, 0.05) is 12.0 Å². The first-order valence-electron chi connectivity index (χ1n) is 10.8. The molecular weight excluding hydrogens is 426 g/mol. The summed E-state index contributed by atoms with van der Waals surface area (Å²) in [6.45, 7) is -0.434. The van der Waals surface area contributed by atoms with Gasteiger partial charge < -0.3 is 25.8 Å². The van der Waals surface area contributed by atoms with E-state index < -0.39 is 29.8 Å². The molecule has 0 atom stereocenters. The minimum atomic E-state index is -0.867. The van der Waals surface area contributed by atoms with E-state index in [0.717, 1.165) is 22.3 Å². The molecule has 1 saturated carbocycles. The second-order valence-corrected chi connectivity index (χ2v) is 8.23. The van der Waals surface area contributed by atoms with Crippen molar-refractivity contribution in [2.24, 2.45) is 5.92 Å². The second kappa shape index (κ2) is 9.72. The first-order valence-corrected chi connectivity index (χ1v) is 10.8. The fraction of sp³-hybridized carbons (Fsp3) is 0.333. The number of hydrogen-bond acceptors (Lipinski definition) is 5. The average molecular weight is 451 g/mol. The number of carboxylic acid groups (broad SMARTS) is 1. The molecule has 0 aromatic heterocycles. The molecule has 172 valence electrons. The molecule has 3 amide bonds. The predicted octanol–water partition coefficient (Wildman–Crippen LogP) is 1.62. The van der Waals surface area contributed by atoms with Crippen LogP contribution in [-0.2, 0) is 19.1 Å². The molecular formula is C24H25N3O6. The SMILES string of the molecule is O=C(CNC(=O)OCC1c2ccccc2-c2ccccc21)NCC(=O)NC1CC(C(=O)O)C1. The number of benzene rings is 2. The van der Waals surface area contributed by atoms with Gasteiger partial charge in [-0.2, -0.15) is 0 Å². The zero-order chi connectivity index (χ0) is 23.4. The van der Waals surface area contributed by atoms with Gasteiger partial charge in [0.2, 0.25) is 11.8 Å². The van der Waals surface area contributed by atoms with E-state index in [0.29, 0.717) is 12.8 Å². The fourth-order valence-electron chi connectivity index (χ4n) is 4.26. The van der Waals surface area contributed by atoms with Crippen molar-refractivity contribution in [1.29, 1.82) is 0 Å². The molecule has 2 aromatic carbocycles. The maximum Gasteiger partial charge on any atom is 0.407 e. The summed E-state index contributed by atoms with van der Waals surface area (Å²) in [6, 6.07) is 15.8. The van der Waals surface area contributed by atoms with Crippen LogP contribution >= 0.6 is 0 Å². The zero-order valence-corrected chi connectivity index (χ0v) is 17.9. The Hall–Kier alpha value is -3.88. The lowest BCUT2D eigenvalue weighted by molar-refractivity contribution is -0.146. The minimum absolute atomic E-state index is 0.0760. The van der Waals surface area contributed by atoms with E-state index >= 15 is 0 Å². The predicted molar refractivity (Wildman–Crippen MR) is 118 cm³/mol. The van der Waals surface area contributed by atoms with Crippen molar-refractivity contribution in [3.05, 3.63) is 59.7 Å². The number of carbonyl (C=O) groups excluding carboxylic acids is 3. The van der Waals surface area contributed by atoms with Crippen LogP contribution in [0.5, 0.6) is 0 Å². The molecule has 0 saturated heterocycles. The molecule has 33 heavy (non-hydrogen) atoms. The van der Waals surface area contributed by atoms with Gasteiger partial charge in [-0.1, -0.05) is 48.5 Å². The van der Waals surface area contributed by atoms with Crippen LogP contribution in [0.2, 0.25) is 0 Å². The number of rotatable bonds is 8. The number of amides is 3. The molecule has 2 aromatic rings. The third-order valence-electron chi connectivity index (χ3n) is 6.04. The Morgan fingerprint density at radius 2 is 1.42 bits per heavy atom. The first kappa shape index (κ1) is 22.3. The van der Waals surface area contributed by atoms with Gasteiger partial charge in [-0.3, -0.25) is 14.4 Å². The van der Waals surface area contributed by atoms with Crippen molar-refractivity contribution in [2.45, 2.75) is 24.8 Å². The van der Waals surface area contributed by atoms with Crippen LogP contribution in [-0.4, -0.2) is 54.7 Å². The van der Waals surface area contributed by atoms with E-state index in [2.05, 4.69) is 16.0 Å². The van der Waals surface area contributed by atoms with Gasteiger partial charge in [0.05, 0.1) is 12.5 Å². The maximum atomic E-state index is 12.1. The molecule has 2 aliphatic rings. The van der Waals surface area contributed by atoms with E-state index in [1.165, 1.54) is 0 Å². The number of alkyl carbamates (subject to hydrolysis) is 1. The van der Waals surface area contributed by atoms with Crippen molar-refractivity contribution in [3.63, 3.8) is 0 Å². The molecule has 0 unspecified atom stereocenters. The van der Waals surface area contributed by atoms with Crippen LogP contribution in [0.25, 0.3) is 11.1 Å². The van der Waals surface area contributed by atoms with E-state index in [1.807, 2.05) is 48.5 Å². The summed E-state index contributed by atoms with van der Waals surface area (Å²) in [4.78, 5) is 46.6. The van der Waals surface area contributed by atoms with Gasteiger partial charge >= 0.3 is 12.1 Å². The molecule has 0 radical (unpaired) electrons. The lowest BCUT2D eigenvalue weighted by Gasteiger charge is -2.32. The Kier molecular flexibility index (Phi) is 6.58. The van der Waals surface area contributed by atoms with Crippen molar-refractivity contribution in [2.75, 3.05) is 19.7 Å². The highest BCUT2D eigenvalue weighted by atomic mass is 16.5. The smallest absolute Gasteiger partial charge is 0.407 e. The molecule has 9 nitrogen and oxygen atoms in total. The molecule has 0 bridgehead atoms. The molecule has 9 heteroatoms. The molecule has 0 spiro atoms. The molecule has 4 rings (SSSR count). The van der Waals surface area contributed by atoms with Crippen LogP contribution in [0.4, 0.5) is 4.79 Å². The lowest BCUT2D eigenvalue weighted by atomic mass is 9.80. The van der Waals surface area contributed by atoms with Gasteiger partial charge in [-0.25, -0.2) is 4.79 Å². The topological polar surface area (TPSA) is 134 Å². The van der Waals surface area contributed by atoms with Crippen LogP contribution in [0.1, 0.15) is 29.9 Å². The van der Waals surface area contributed by atoms with Crippen LogP contribution in [0.15, 0.2) is 48.5 Å². The number of ether oxygens (including phenoxy) is 1. The van der Waals surface area contributed by atoms with Gasteiger partial charge in [0.15, 0.2) is 0 Å². The van der Waals surface area contributed by atoms with Gasteiger partial charge in [-0.15, -0.1) is 0 Å². The minimum Gasteiger partial charge on any atom is -0.481 e. The van der Waals surface area contributed by atoms with E-state index in [1.54, 1.807) is 0 Å². The average Bonchev–Trinajstić information content (AvgIpc) is 3.10. The number of hydrogen-bond donors (Lipinski definition) is 4. The second-order valence-electron chi connectivity index (χ2n) is 8.23. The van der Waals surface area contributed by atoms with E-state index in [4.69, 9.17) is 9.84 Å². The Labute approximate surface area is 190 Å². The molecule has 4 N–H and O–H groups in total. The molecule has 1 fully saturated rings. The number of fused-ring (bicyclic) bond motifs is 3. The lowest BCUT2D eigenvalue weighted by Crippen LogP contribution is -2.50. The zero-order valence-electron chi connectivity index (χ0n) is 17.9. The number of nitrogens with one attached hydrogen (secondary N) is 3. The van der Waals surface area contributed by atoms with Crippen molar-refractivity contribution >= 4 is 23.9 Å². The summed E-state index contributed by atoms with van der Waals surface area (Å²) < 4.78 is 5.36. The number of carbonyl (C=O) groups is 4. The van der Waals surface area contributed by atoms with Gasteiger partial charge in [0.1, 0.15) is 13.2 Å². The third kappa shape index (κ3) is 5.14. The quantitative estimate of drug-likeness (QED) is 0.482. The monoisotopic (exact) mass is 451 g/mol. The van der Waals surface area contributed by atoms with Crippen molar-refractivity contribution in [3.8, 4) is 11.1 Å². The Balaban J connectivity index is 1.17. The largest absolute Gasteiger partial charge is 0.481 e. The van der Waals surface area contributed by atoms with E-state index in [9.17, 15) is 19.2 Å². The van der Waals surface area contributed by atoms with E-state index in [-0.39, 0.29) is 31.7 Å². The molecule has 0 aliphatic heterocycles. The Morgan fingerprint density at radius 1 is 0.848 bits per heavy atom. The Bertz CT molecular complexity index is 1030. The number of aliphatic carboxylic acids is 1. The third-order valence-corrected chi connectivity index (χ3v) is 6.04. The normalized spacial score (nSPS) is 18.3. The van der Waals surface area contributed by atoms with Gasteiger partial charge in [-0.05, 0) is 35.1 Å². The summed E-state index contributed by atoms with van der Waals surface area (Å²) in [6.07, 6.45) is 0.0575. The standard InChI is InChI=1S/C24H25N3O6/c28-21(25-12-22(29)27-15-9-14(10-15)23(30)31)11-26-24(32)33-13-20-18-7-3-1-5-16(18)17-6-2-4-8-19(17)20/h1-8,14-15,20H,9-13H2,(H,25,28)(H,26,32)(H,27,29)(H,30,31). The summed E-state index contributed by atoms with van der Waals surface area (Å²) in [5.41, 5.74) is 4.44.